The molecule has 1 atom stereocenters. The van der Waals surface area contributed by atoms with Crippen LogP contribution in [-0.2, 0) is 6.42 Å². The van der Waals surface area contributed by atoms with Gasteiger partial charge in [0.2, 0.25) is 0 Å². The molecule has 1 heterocycles. The van der Waals surface area contributed by atoms with Crippen LogP contribution in [0.2, 0.25) is 0 Å². The Hall–Kier alpha value is -3.34. The van der Waals surface area contributed by atoms with Crippen molar-refractivity contribution in [2.75, 3.05) is 18.5 Å². The first kappa shape index (κ1) is 22.3. The third kappa shape index (κ3) is 6.32. The first-order valence-electron chi connectivity index (χ1n) is 10.7. The van der Waals surface area contributed by atoms with Gasteiger partial charge in [0, 0.05) is 25.1 Å². The normalized spacial score (nSPS) is 16.0. The number of nitrogens with one attached hydrogen (secondary N) is 1. The summed E-state index contributed by atoms with van der Waals surface area (Å²) in [5.74, 6) is 0.293. The number of nitrogens with zero attached hydrogens (tertiary/aromatic N) is 1. The second-order valence-corrected chi connectivity index (χ2v) is 7.79. The van der Waals surface area contributed by atoms with Crippen LogP contribution >= 0.6 is 0 Å². The molecule has 1 aromatic heterocycles. The number of carboxylic acid groups (broad SMARTS) is 1. The van der Waals surface area contributed by atoms with E-state index in [4.69, 9.17) is 4.74 Å². The Kier molecular flexibility index (Phi) is 8.05. The summed E-state index contributed by atoms with van der Waals surface area (Å²) in [6.45, 7) is 7.09. The lowest BCUT2D eigenvalue weighted by Gasteiger charge is -2.27. The number of carboxylic acids is 1. The third-order valence-corrected chi connectivity index (χ3v) is 5.54. The average molecular weight is 419 g/mol. The van der Waals surface area contributed by atoms with E-state index in [2.05, 4.69) is 42.0 Å². The molecule has 31 heavy (non-hydrogen) atoms. The number of anilines is 1. The molecule has 2 aromatic rings. The van der Waals surface area contributed by atoms with Crippen molar-refractivity contribution in [1.82, 2.24) is 4.98 Å². The van der Waals surface area contributed by atoms with Crippen LogP contribution in [0.1, 0.15) is 53.6 Å². The van der Waals surface area contributed by atoms with Crippen LogP contribution in [0.15, 0.2) is 73.1 Å². The minimum atomic E-state index is -0.947. The zero-order valence-corrected chi connectivity index (χ0v) is 18.0. The van der Waals surface area contributed by atoms with Crippen LogP contribution in [-0.4, -0.2) is 29.2 Å². The summed E-state index contributed by atoms with van der Waals surface area (Å²) < 4.78 is 5.98. The fraction of sp³-hybridized carbons (Fsp3) is 0.308. The first-order chi connectivity index (χ1) is 15.1. The van der Waals surface area contributed by atoms with Crippen LogP contribution in [0.3, 0.4) is 0 Å². The second kappa shape index (κ2) is 11.2. The van der Waals surface area contributed by atoms with Crippen molar-refractivity contribution in [2.24, 2.45) is 0 Å². The van der Waals surface area contributed by atoms with Crippen LogP contribution in [0.25, 0.3) is 0 Å². The molecule has 1 unspecified atom stereocenters. The van der Waals surface area contributed by atoms with Gasteiger partial charge in [0.15, 0.2) is 0 Å². The number of hydrogen-bond donors (Lipinski definition) is 2. The molecule has 0 fully saturated rings. The van der Waals surface area contributed by atoms with Gasteiger partial charge < -0.3 is 15.2 Å². The number of fused-ring (bicyclic) bond motifs is 1. The molecule has 2 N–H and O–H groups in total. The maximum absolute atomic E-state index is 11.4. The molecule has 3 rings (SSSR count). The highest BCUT2D eigenvalue weighted by Gasteiger charge is 2.21. The van der Waals surface area contributed by atoms with Crippen LogP contribution in [0, 0.1) is 0 Å². The highest BCUT2D eigenvalue weighted by molar-refractivity contribution is 5.93. The Morgan fingerprint density at radius 3 is 3.03 bits per heavy atom. The van der Waals surface area contributed by atoms with Crippen LogP contribution in [0.4, 0.5) is 5.69 Å². The Bertz CT molecular complexity index is 978. The summed E-state index contributed by atoms with van der Waals surface area (Å²) in [5.41, 5.74) is 4.71. The van der Waals surface area contributed by atoms with E-state index in [9.17, 15) is 9.90 Å². The number of ether oxygens (including phenoxy) is 1. The summed E-state index contributed by atoms with van der Waals surface area (Å²) in [5, 5.41) is 12.7. The van der Waals surface area contributed by atoms with Gasteiger partial charge in [0.25, 0.3) is 0 Å². The number of pyridine rings is 1. The van der Waals surface area contributed by atoms with Crippen LogP contribution < -0.4 is 10.1 Å². The number of benzene rings is 1. The molecule has 0 spiro atoms. The molecule has 1 aliphatic rings. The topological polar surface area (TPSA) is 71.5 Å². The summed E-state index contributed by atoms with van der Waals surface area (Å²) >= 11 is 0. The average Bonchev–Trinajstić information content (AvgIpc) is 2.77. The molecule has 162 valence electrons. The van der Waals surface area contributed by atoms with Gasteiger partial charge >= 0.3 is 5.97 Å². The minimum Gasteiger partial charge on any atom is -0.493 e. The van der Waals surface area contributed by atoms with E-state index in [-0.39, 0.29) is 5.56 Å². The number of aryl methyl sites for hydroxylation is 1. The van der Waals surface area contributed by atoms with Gasteiger partial charge in [0.1, 0.15) is 5.75 Å². The smallest absolute Gasteiger partial charge is 0.337 e. The predicted molar refractivity (Wildman–Crippen MR) is 125 cm³/mol. The molecule has 0 saturated heterocycles. The molecule has 5 nitrogen and oxygen atoms in total. The number of hydrogen-bond acceptors (Lipinski definition) is 4. The van der Waals surface area contributed by atoms with E-state index >= 15 is 0 Å². The van der Waals surface area contributed by atoms with Gasteiger partial charge in [-0.1, -0.05) is 42.5 Å². The van der Waals surface area contributed by atoms with E-state index in [0.717, 1.165) is 31.4 Å². The molecule has 0 aliphatic heterocycles. The summed E-state index contributed by atoms with van der Waals surface area (Å²) in [4.78, 5) is 15.5. The molecule has 0 bridgehead atoms. The number of carbonyl (C=O) groups is 1. The van der Waals surface area contributed by atoms with E-state index in [1.807, 2.05) is 18.2 Å². The SMILES string of the molecule is C=C/C=C\C=C(/C)CCOc1ccc2c(c1)CCCC2CNc1cnccc1C(=O)O. The van der Waals surface area contributed by atoms with Crippen molar-refractivity contribution < 1.29 is 14.6 Å². The highest BCUT2D eigenvalue weighted by Crippen LogP contribution is 2.34. The van der Waals surface area contributed by atoms with Crippen LogP contribution in [0.5, 0.6) is 5.75 Å². The van der Waals surface area contributed by atoms with Gasteiger partial charge in [0.05, 0.1) is 24.1 Å². The highest BCUT2D eigenvalue weighted by atomic mass is 16.5. The lowest BCUT2D eigenvalue weighted by Crippen LogP contribution is -2.19. The van der Waals surface area contributed by atoms with Crippen molar-refractivity contribution in [1.29, 1.82) is 0 Å². The lowest BCUT2D eigenvalue weighted by atomic mass is 9.82. The maximum Gasteiger partial charge on any atom is 0.337 e. The maximum atomic E-state index is 11.4. The van der Waals surface area contributed by atoms with Gasteiger partial charge in [-0.2, -0.15) is 0 Å². The Balaban J connectivity index is 1.60. The standard InChI is InChI=1S/C26H30N2O3/c1-3-4-5-7-19(2)13-15-31-22-10-11-23-20(16-22)8-6-9-21(23)17-28-25-18-27-14-12-24(25)26(29)30/h3-5,7,10-12,14,16,18,21,28H,1,6,8-9,13,15,17H2,2H3,(H,29,30)/b5-4-,19-7+. The quantitative estimate of drug-likeness (QED) is 0.479. The predicted octanol–water partition coefficient (Wildman–Crippen LogP) is 5.77. The summed E-state index contributed by atoms with van der Waals surface area (Å²) in [6.07, 6.45) is 14.9. The van der Waals surface area contributed by atoms with Gasteiger partial charge in [-0.15, -0.1) is 0 Å². The largest absolute Gasteiger partial charge is 0.493 e. The van der Waals surface area contributed by atoms with E-state index in [1.54, 1.807) is 12.3 Å². The second-order valence-electron chi connectivity index (χ2n) is 7.79. The van der Waals surface area contributed by atoms with E-state index < -0.39 is 5.97 Å². The van der Waals surface area contributed by atoms with Gasteiger partial charge in [-0.25, -0.2) is 4.79 Å². The fourth-order valence-electron chi connectivity index (χ4n) is 3.86. The Morgan fingerprint density at radius 1 is 1.35 bits per heavy atom. The Morgan fingerprint density at radius 2 is 2.23 bits per heavy atom. The number of aromatic nitrogens is 1. The monoisotopic (exact) mass is 418 g/mol. The number of rotatable bonds is 10. The zero-order chi connectivity index (χ0) is 22.1. The van der Waals surface area contributed by atoms with Crippen molar-refractivity contribution in [3.8, 4) is 5.75 Å². The fourth-order valence-corrected chi connectivity index (χ4v) is 3.86. The molecule has 1 aromatic carbocycles. The number of aromatic carboxylic acids is 1. The molecule has 0 amide bonds. The molecule has 1 aliphatic carbocycles. The molecule has 5 heteroatoms. The molecule has 0 radical (unpaired) electrons. The van der Waals surface area contributed by atoms with Gasteiger partial charge in [-0.3, -0.25) is 4.98 Å². The minimum absolute atomic E-state index is 0.249. The van der Waals surface area contributed by atoms with E-state index in [0.29, 0.717) is 24.8 Å². The lowest BCUT2D eigenvalue weighted by molar-refractivity contribution is 0.0697. The first-order valence-corrected chi connectivity index (χ1v) is 10.7. The Labute approximate surface area is 184 Å². The summed E-state index contributed by atoms with van der Waals surface area (Å²) in [6, 6.07) is 7.88. The zero-order valence-electron chi connectivity index (χ0n) is 18.0. The molecule has 0 saturated carbocycles. The third-order valence-electron chi connectivity index (χ3n) is 5.54. The molecular formula is C26H30N2O3. The van der Waals surface area contributed by atoms with E-state index in [1.165, 1.54) is 29.0 Å². The summed E-state index contributed by atoms with van der Waals surface area (Å²) in [7, 11) is 0. The number of allylic oxidation sites excluding steroid dienone is 4. The van der Waals surface area contributed by atoms with Crippen molar-refractivity contribution in [3.05, 3.63) is 89.8 Å². The van der Waals surface area contributed by atoms with Crippen molar-refractivity contribution >= 4 is 11.7 Å². The van der Waals surface area contributed by atoms with Crippen molar-refractivity contribution in [2.45, 2.75) is 38.5 Å². The van der Waals surface area contributed by atoms with Crippen molar-refractivity contribution in [3.63, 3.8) is 0 Å². The molecular weight excluding hydrogens is 388 g/mol. The van der Waals surface area contributed by atoms with Gasteiger partial charge in [-0.05, 0) is 55.5 Å².